The average molecular weight is 404 g/mol. The van der Waals surface area contributed by atoms with Crippen LogP contribution in [0.2, 0.25) is 0 Å². The molecule has 0 atom stereocenters. The molecule has 4 rings (SSSR count). The molecule has 0 saturated carbocycles. The second-order valence-electron chi connectivity index (χ2n) is 6.94. The Morgan fingerprint density at radius 2 is 1.97 bits per heavy atom. The molecule has 1 aliphatic rings. The monoisotopic (exact) mass is 404 g/mol. The molecule has 9 nitrogen and oxygen atoms in total. The molecule has 0 spiro atoms. The van der Waals surface area contributed by atoms with Gasteiger partial charge in [-0.25, -0.2) is 14.8 Å². The molecule has 0 radical (unpaired) electrons. The third kappa shape index (κ3) is 4.19. The van der Waals surface area contributed by atoms with Gasteiger partial charge >= 0.3 is 6.03 Å². The summed E-state index contributed by atoms with van der Waals surface area (Å²) >= 11 is 0. The van der Waals surface area contributed by atoms with E-state index in [1.165, 1.54) is 12.1 Å². The number of non-ortho nitro benzene ring substituents is 1. The Bertz CT molecular complexity index is 1120. The molecule has 2 N–H and O–H groups in total. The third-order valence-corrected chi connectivity index (χ3v) is 4.68. The number of nitrogens with one attached hydrogen (secondary N) is 2. The first-order chi connectivity index (χ1) is 14.5. The van der Waals surface area contributed by atoms with Gasteiger partial charge in [0.25, 0.3) is 5.69 Å². The Hall–Kier alpha value is -4.01. The highest BCUT2D eigenvalue weighted by molar-refractivity contribution is 5.93. The van der Waals surface area contributed by atoms with E-state index in [1.807, 2.05) is 31.2 Å². The van der Waals surface area contributed by atoms with Gasteiger partial charge in [0.15, 0.2) is 5.82 Å². The van der Waals surface area contributed by atoms with Crippen LogP contribution in [0.5, 0.6) is 0 Å². The Kier molecular flexibility index (Phi) is 5.25. The second kappa shape index (κ2) is 8.16. The Balaban J connectivity index is 1.61. The van der Waals surface area contributed by atoms with Gasteiger partial charge in [0.1, 0.15) is 5.82 Å². The zero-order valence-electron chi connectivity index (χ0n) is 16.3. The van der Waals surface area contributed by atoms with E-state index in [2.05, 4.69) is 20.6 Å². The summed E-state index contributed by atoms with van der Waals surface area (Å²) in [6, 6.07) is 15.4. The second-order valence-corrected chi connectivity index (χ2v) is 6.94. The van der Waals surface area contributed by atoms with Crippen LogP contribution in [0.1, 0.15) is 12.1 Å². The molecule has 1 aliphatic heterocycles. The summed E-state index contributed by atoms with van der Waals surface area (Å²) in [6.45, 7) is 3.19. The number of rotatable bonds is 5. The number of nitrogens with zero attached hydrogens (tertiary/aromatic N) is 4. The Morgan fingerprint density at radius 1 is 1.13 bits per heavy atom. The Labute approximate surface area is 172 Å². The number of urea groups is 1. The highest BCUT2D eigenvalue weighted by Gasteiger charge is 2.19. The first-order valence-corrected chi connectivity index (χ1v) is 9.52. The highest BCUT2D eigenvalue weighted by atomic mass is 16.6. The molecule has 1 saturated heterocycles. The molecule has 2 heterocycles. The van der Waals surface area contributed by atoms with Crippen molar-refractivity contribution in [2.24, 2.45) is 0 Å². The van der Waals surface area contributed by atoms with Crippen molar-refractivity contribution in [1.82, 2.24) is 15.3 Å². The van der Waals surface area contributed by atoms with E-state index in [0.717, 1.165) is 23.5 Å². The maximum atomic E-state index is 12.1. The van der Waals surface area contributed by atoms with Crippen molar-refractivity contribution in [3.05, 3.63) is 70.4 Å². The molecule has 30 heavy (non-hydrogen) atoms. The van der Waals surface area contributed by atoms with E-state index in [9.17, 15) is 14.9 Å². The number of nitro benzene ring substituents is 1. The summed E-state index contributed by atoms with van der Waals surface area (Å²) in [5.41, 5.74) is 2.84. The molecule has 152 valence electrons. The number of anilines is 3. The number of benzene rings is 2. The molecular weight excluding hydrogens is 384 g/mol. The van der Waals surface area contributed by atoms with Gasteiger partial charge in [-0.05, 0) is 31.5 Å². The van der Waals surface area contributed by atoms with Gasteiger partial charge in [0.05, 0.1) is 4.92 Å². The van der Waals surface area contributed by atoms with Crippen molar-refractivity contribution in [2.75, 3.05) is 23.3 Å². The lowest BCUT2D eigenvalue weighted by atomic mass is 10.2. The van der Waals surface area contributed by atoms with Crippen molar-refractivity contribution in [3.63, 3.8) is 0 Å². The molecule has 0 bridgehead atoms. The Morgan fingerprint density at radius 3 is 2.77 bits per heavy atom. The summed E-state index contributed by atoms with van der Waals surface area (Å²) in [7, 11) is 0. The minimum Gasteiger partial charge on any atom is -0.340 e. The molecule has 2 amide bonds. The number of hydrogen-bond donors (Lipinski definition) is 2. The van der Waals surface area contributed by atoms with Gasteiger partial charge in [0.2, 0.25) is 0 Å². The van der Waals surface area contributed by atoms with E-state index in [4.69, 9.17) is 0 Å². The fraction of sp³-hybridized carbons (Fsp3) is 0.190. The zero-order chi connectivity index (χ0) is 21.1. The molecule has 3 aromatic rings. The number of carbonyl (C=O) groups excluding carboxylic acids is 1. The van der Waals surface area contributed by atoms with E-state index < -0.39 is 4.92 Å². The van der Waals surface area contributed by atoms with Gasteiger partial charge in [-0.1, -0.05) is 18.2 Å². The maximum Gasteiger partial charge on any atom is 0.321 e. The zero-order valence-corrected chi connectivity index (χ0v) is 16.3. The van der Waals surface area contributed by atoms with Crippen molar-refractivity contribution >= 4 is 28.9 Å². The molecule has 1 fully saturated rings. The first-order valence-electron chi connectivity index (χ1n) is 9.52. The quantitative estimate of drug-likeness (QED) is 0.490. The number of hydrogen-bond acceptors (Lipinski definition) is 6. The summed E-state index contributed by atoms with van der Waals surface area (Å²) in [4.78, 5) is 33.4. The van der Waals surface area contributed by atoms with Crippen LogP contribution in [0.3, 0.4) is 0 Å². The van der Waals surface area contributed by atoms with Crippen LogP contribution in [-0.2, 0) is 0 Å². The van der Waals surface area contributed by atoms with Gasteiger partial charge in [-0.3, -0.25) is 15.0 Å². The number of nitro groups is 1. The maximum absolute atomic E-state index is 12.1. The van der Waals surface area contributed by atoms with Gasteiger partial charge < -0.3 is 10.6 Å². The topological polar surface area (TPSA) is 113 Å². The molecule has 1 aromatic heterocycles. The molecule has 0 unspecified atom stereocenters. The standard InChI is InChI=1S/C21H20N6O3/c1-14-11-19(25-20(23-14)15-5-2-8-18(12-15)27(29)30)24-16-6-3-7-17(13-16)26-10-4-9-22-21(26)28/h2-3,5-8,11-13H,4,9-10H2,1H3,(H,22,28)(H,23,24,25). The lowest BCUT2D eigenvalue weighted by Crippen LogP contribution is -2.46. The SMILES string of the molecule is Cc1cc(Nc2cccc(N3CCCNC3=O)c2)nc(-c2cccc([N+](=O)[O-])c2)n1. The van der Waals surface area contributed by atoms with Crippen LogP contribution in [0.15, 0.2) is 54.6 Å². The van der Waals surface area contributed by atoms with Gasteiger partial charge in [-0.15, -0.1) is 0 Å². The molecule has 0 aliphatic carbocycles. The van der Waals surface area contributed by atoms with Crippen LogP contribution in [0, 0.1) is 17.0 Å². The van der Waals surface area contributed by atoms with Crippen LogP contribution in [-0.4, -0.2) is 34.0 Å². The normalized spacial score (nSPS) is 13.6. The van der Waals surface area contributed by atoms with Crippen molar-refractivity contribution in [3.8, 4) is 11.4 Å². The predicted molar refractivity (Wildman–Crippen MR) is 114 cm³/mol. The first kappa shape index (κ1) is 19.3. The van der Waals surface area contributed by atoms with Crippen LogP contribution < -0.4 is 15.5 Å². The number of amides is 2. The summed E-state index contributed by atoms with van der Waals surface area (Å²) < 4.78 is 0. The van der Waals surface area contributed by atoms with Crippen molar-refractivity contribution in [1.29, 1.82) is 0 Å². The molecular formula is C21H20N6O3. The summed E-state index contributed by atoms with van der Waals surface area (Å²) in [6.07, 6.45) is 0.890. The van der Waals surface area contributed by atoms with Crippen LogP contribution in [0.4, 0.5) is 27.7 Å². The van der Waals surface area contributed by atoms with E-state index in [0.29, 0.717) is 30.3 Å². The minimum atomic E-state index is -0.444. The lowest BCUT2D eigenvalue weighted by molar-refractivity contribution is -0.384. The predicted octanol–water partition coefficient (Wildman–Crippen LogP) is 4.02. The van der Waals surface area contributed by atoms with Crippen molar-refractivity contribution < 1.29 is 9.72 Å². The number of aryl methyl sites for hydroxylation is 1. The summed E-state index contributed by atoms with van der Waals surface area (Å²) in [5.74, 6) is 0.956. The van der Waals surface area contributed by atoms with Crippen LogP contribution in [0.25, 0.3) is 11.4 Å². The number of carbonyl (C=O) groups is 1. The van der Waals surface area contributed by atoms with Gasteiger partial charge in [-0.2, -0.15) is 0 Å². The fourth-order valence-electron chi connectivity index (χ4n) is 3.30. The minimum absolute atomic E-state index is 0.0142. The van der Waals surface area contributed by atoms with E-state index in [-0.39, 0.29) is 11.7 Å². The van der Waals surface area contributed by atoms with Crippen LogP contribution >= 0.6 is 0 Å². The smallest absolute Gasteiger partial charge is 0.321 e. The van der Waals surface area contributed by atoms with E-state index >= 15 is 0 Å². The highest BCUT2D eigenvalue weighted by Crippen LogP contribution is 2.26. The summed E-state index contributed by atoms with van der Waals surface area (Å²) in [5, 5.41) is 17.2. The molecule has 2 aromatic carbocycles. The van der Waals surface area contributed by atoms with E-state index in [1.54, 1.807) is 23.1 Å². The largest absolute Gasteiger partial charge is 0.340 e. The third-order valence-electron chi connectivity index (χ3n) is 4.68. The van der Waals surface area contributed by atoms with Crippen molar-refractivity contribution in [2.45, 2.75) is 13.3 Å². The lowest BCUT2D eigenvalue weighted by Gasteiger charge is -2.27. The number of aromatic nitrogens is 2. The van der Waals surface area contributed by atoms with Gasteiger partial charge in [0, 0.05) is 53.9 Å². The average Bonchev–Trinajstić information content (AvgIpc) is 2.74. The molecule has 9 heteroatoms. The fourth-order valence-corrected chi connectivity index (χ4v) is 3.30.